The highest BCUT2D eigenvalue weighted by atomic mass is 19.1. The molecular formula is C11H11FO2. The molecule has 0 spiro atoms. The summed E-state index contributed by atoms with van der Waals surface area (Å²) in [5, 5.41) is 8.36. The predicted molar refractivity (Wildman–Crippen MR) is 52.3 cm³/mol. The highest BCUT2D eigenvalue weighted by Crippen LogP contribution is 2.05. The maximum Gasteiger partial charge on any atom is 0.303 e. The zero-order valence-corrected chi connectivity index (χ0v) is 7.61. The second kappa shape index (κ2) is 5.17. The van der Waals surface area contributed by atoms with Crippen molar-refractivity contribution in [2.45, 2.75) is 12.8 Å². The average molecular weight is 194 g/mol. The quantitative estimate of drug-likeness (QED) is 0.800. The molecule has 1 aromatic carbocycles. The Morgan fingerprint density at radius 1 is 1.36 bits per heavy atom. The smallest absolute Gasteiger partial charge is 0.303 e. The number of carbonyl (C=O) groups is 1. The molecule has 0 saturated carbocycles. The lowest BCUT2D eigenvalue weighted by molar-refractivity contribution is -0.136. The molecule has 3 heteroatoms. The molecule has 1 N–H and O–H groups in total. The van der Waals surface area contributed by atoms with E-state index in [9.17, 15) is 9.18 Å². The maximum absolute atomic E-state index is 12.5. The van der Waals surface area contributed by atoms with E-state index in [2.05, 4.69) is 0 Å². The predicted octanol–water partition coefficient (Wildman–Crippen LogP) is 2.70. The molecule has 0 unspecified atom stereocenters. The van der Waals surface area contributed by atoms with Crippen molar-refractivity contribution in [1.82, 2.24) is 0 Å². The third kappa shape index (κ3) is 3.85. The molecule has 0 aliphatic carbocycles. The van der Waals surface area contributed by atoms with Crippen LogP contribution in [-0.4, -0.2) is 11.1 Å². The van der Waals surface area contributed by atoms with E-state index < -0.39 is 5.97 Å². The minimum atomic E-state index is -0.811. The Morgan fingerprint density at radius 2 is 2.00 bits per heavy atom. The minimum Gasteiger partial charge on any atom is -0.481 e. The summed E-state index contributed by atoms with van der Waals surface area (Å²) in [6.07, 6.45) is 4.16. The number of carboxylic acids is 1. The fourth-order valence-corrected chi connectivity index (χ4v) is 1.00. The Morgan fingerprint density at radius 3 is 2.57 bits per heavy atom. The Labute approximate surface area is 81.7 Å². The molecule has 0 saturated heterocycles. The molecule has 0 aliphatic heterocycles. The summed E-state index contributed by atoms with van der Waals surface area (Å²) in [6.45, 7) is 0. The highest BCUT2D eigenvalue weighted by Gasteiger charge is 1.92. The van der Waals surface area contributed by atoms with E-state index in [0.717, 1.165) is 5.56 Å². The van der Waals surface area contributed by atoms with Crippen molar-refractivity contribution in [3.05, 3.63) is 41.7 Å². The Balaban J connectivity index is 2.44. The zero-order chi connectivity index (χ0) is 10.4. The van der Waals surface area contributed by atoms with Crippen LogP contribution in [0, 0.1) is 5.82 Å². The number of halogens is 1. The van der Waals surface area contributed by atoms with E-state index >= 15 is 0 Å². The fourth-order valence-electron chi connectivity index (χ4n) is 1.00. The SMILES string of the molecule is O=C(O)CC/C=C/c1ccc(F)cc1. The van der Waals surface area contributed by atoms with Gasteiger partial charge in [-0.2, -0.15) is 0 Å². The van der Waals surface area contributed by atoms with Gasteiger partial charge in [-0.15, -0.1) is 0 Å². The molecule has 2 nitrogen and oxygen atoms in total. The number of allylic oxidation sites excluding steroid dienone is 1. The Bertz CT molecular complexity index is 328. The van der Waals surface area contributed by atoms with E-state index in [1.165, 1.54) is 12.1 Å². The van der Waals surface area contributed by atoms with Gasteiger partial charge in [-0.25, -0.2) is 4.39 Å². The third-order valence-corrected chi connectivity index (χ3v) is 1.71. The van der Waals surface area contributed by atoms with E-state index in [0.29, 0.717) is 6.42 Å². The van der Waals surface area contributed by atoms with Crippen LogP contribution in [0.2, 0.25) is 0 Å². The Hall–Kier alpha value is -1.64. The largest absolute Gasteiger partial charge is 0.481 e. The van der Waals surface area contributed by atoms with Gasteiger partial charge in [0.25, 0.3) is 0 Å². The monoisotopic (exact) mass is 194 g/mol. The molecule has 74 valence electrons. The molecule has 0 aromatic heterocycles. The standard InChI is InChI=1S/C11H11FO2/c12-10-7-5-9(6-8-10)3-1-2-4-11(13)14/h1,3,5-8H,2,4H2,(H,13,14)/b3-1+. The van der Waals surface area contributed by atoms with Gasteiger partial charge in [-0.1, -0.05) is 24.3 Å². The van der Waals surface area contributed by atoms with Gasteiger partial charge in [0.2, 0.25) is 0 Å². The van der Waals surface area contributed by atoms with Gasteiger partial charge in [0.15, 0.2) is 0 Å². The van der Waals surface area contributed by atoms with Gasteiger partial charge in [0.05, 0.1) is 0 Å². The average Bonchev–Trinajstić information content (AvgIpc) is 2.15. The molecule has 14 heavy (non-hydrogen) atoms. The van der Waals surface area contributed by atoms with Crippen LogP contribution in [0.1, 0.15) is 18.4 Å². The number of aliphatic carboxylic acids is 1. The van der Waals surface area contributed by atoms with Crippen LogP contribution < -0.4 is 0 Å². The van der Waals surface area contributed by atoms with Crippen LogP contribution in [0.15, 0.2) is 30.3 Å². The molecule has 0 atom stereocenters. The summed E-state index contributed by atoms with van der Waals surface area (Å²) in [5.41, 5.74) is 0.872. The van der Waals surface area contributed by atoms with Crippen molar-refractivity contribution in [2.75, 3.05) is 0 Å². The lowest BCUT2D eigenvalue weighted by Crippen LogP contribution is -1.91. The lowest BCUT2D eigenvalue weighted by atomic mass is 10.2. The van der Waals surface area contributed by atoms with E-state index in [1.54, 1.807) is 24.3 Å². The normalized spacial score (nSPS) is 10.6. The molecule has 0 heterocycles. The van der Waals surface area contributed by atoms with Crippen molar-refractivity contribution in [2.24, 2.45) is 0 Å². The van der Waals surface area contributed by atoms with Crippen molar-refractivity contribution in [3.8, 4) is 0 Å². The summed E-state index contributed by atoms with van der Waals surface area (Å²) >= 11 is 0. The summed E-state index contributed by atoms with van der Waals surface area (Å²) in [6, 6.07) is 6.03. The van der Waals surface area contributed by atoms with Crippen LogP contribution >= 0.6 is 0 Å². The molecule has 1 rings (SSSR count). The lowest BCUT2D eigenvalue weighted by Gasteiger charge is -1.92. The fraction of sp³-hybridized carbons (Fsp3) is 0.182. The van der Waals surface area contributed by atoms with Crippen LogP contribution in [0.3, 0.4) is 0 Å². The molecular weight excluding hydrogens is 183 g/mol. The maximum atomic E-state index is 12.5. The highest BCUT2D eigenvalue weighted by molar-refractivity contribution is 5.67. The van der Waals surface area contributed by atoms with E-state index in [1.807, 2.05) is 0 Å². The second-order valence-electron chi connectivity index (χ2n) is 2.89. The van der Waals surface area contributed by atoms with Crippen molar-refractivity contribution >= 4 is 12.0 Å². The van der Waals surface area contributed by atoms with Crippen molar-refractivity contribution < 1.29 is 14.3 Å². The van der Waals surface area contributed by atoms with Gasteiger partial charge >= 0.3 is 5.97 Å². The summed E-state index contributed by atoms with van der Waals surface area (Å²) in [4.78, 5) is 10.2. The number of hydrogen-bond acceptors (Lipinski definition) is 1. The number of carboxylic acid groups (broad SMARTS) is 1. The molecule has 1 aromatic rings. The molecule has 0 bridgehead atoms. The number of rotatable bonds is 4. The third-order valence-electron chi connectivity index (χ3n) is 1.71. The topological polar surface area (TPSA) is 37.3 Å². The van der Waals surface area contributed by atoms with Crippen LogP contribution in [-0.2, 0) is 4.79 Å². The first-order chi connectivity index (χ1) is 6.68. The summed E-state index contributed by atoms with van der Waals surface area (Å²) in [7, 11) is 0. The van der Waals surface area contributed by atoms with E-state index in [4.69, 9.17) is 5.11 Å². The first kappa shape index (κ1) is 10.4. The number of hydrogen-bond donors (Lipinski definition) is 1. The minimum absolute atomic E-state index is 0.123. The van der Waals surface area contributed by atoms with Gasteiger partial charge in [-0.3, -0.25) is 4.79 Å². The van der Waals surface area contributed by atoms with Gasteiger partial charge in [-0.05, 0) is 24.1 Å². The van der Waals surface area contributed by atoms with Gasteiger partial charge in [0, 0.05) is 6.42 Å². The molecule has 0 fully saturated rings. The van der Waals surface area contributed by atoms with E-state index in [-0.39, 0.29) is 12.2 Å². The Kier molecular flexibility index (Phi) is 3.85. The van der Waals surface area contributed by atoms with Gasteiger partial charge in [0.1, 0.15) is 5.82 Å². The van der Waals surface area contributed by atoms with Crippen LogP contribution in [0.5, 0.6) is 0 Å². The summed E-state index contributed by atoms with van der Waals surface area (Å²) < 4.78 is 12.5. The van der Waals surface area contributed by atoms with Crippen LogP contribution in [0.25, 0.3) is 6.08 Å². The number of benzene rings is 1. The van der Waals surface area contributed by atoms with Crippen molar-refractivity contribution in [1.29, 1.82) is 0 Å². The first-order valence-corrected chi connectivity index (χ1v) is 4.32. The molecule has 0 aliphatic rings. The summed E-state index contributed by atoms with van der Waals surface area (Å²) in [5.74, 6) is -1.08. The zero-order valence-electron chi connectivity index (χ0n) is 7.61. The van der Waals surface area contributed by atoms with Crippen molar-refractivity contribution in [3.63, 3.8) is 0 Å². The molecule has 0 amide bonds. The molecule has 0 radical (unpaired) electrons. The van der Waals surface area contributed by atoms with Crippen LogP contribution in [0.4, 0.5) is 4.39 Å². The van der Waals surface area contributed by atoms with Gasteiger partial charge < -0.3 is 5.11 Å². The first-order valence-electron chi connectivity index (χ1n) is 4.32. The second-order valence-corrected chi connectivity index (χ2v) is 2.89.